The van der Waals surface area contributed by atoms with E-state index < -0.39 is 5.91 Å². The predicted molar refractivity (Wildman–Crippen MR) is 109 cm³/mol. The number of primary amides is 1. The molecular weight excluding hydrogens is 344 g/mol. The van der Waals surface area contributed by atoms with Crippen LogP contribution < -0.4 is 28.3 Å². The highest BCUT2D eigenvalue weighted by atomic mass is 16.5. The summed E-state index contributed by atoms with van der Waals surface area (Å²) in [6, 6.07) is 7.67. The van der Waals surface area contributed by atoms with Crippen LogP contribution in [0.5, 0.6) is 0 Å². The molecule has 1 fully saturated rings. The smallest absolute Gasteiger partial charge is 0.253 e. The van der Waals surface area contributed by atoms with Crippen molar-refractivity contribution in [3.63, 3.8) is 0 Å². The molecule has 1 aromatic carbocycles. The number of nitrogens with zero attached hydrogens (tertiary/aromatic N) is 1. The Hall–Kier alpha value is -2.42. The van der Waals surface area contributed by atoms with Gasteiger partial charge in [0.05, 0.1) is 17.4 Å². The SMILES string of the molecule is CN/C=C(/C(N)=O)C(N)=Nc1cccc(C)c1.COC1CCCC(N)C1N. The quantitative estimate of drug-likeness (QED) is 0.285. The Bertz CT molecular complexity index is 674. The van der Waals surface area contributed by atoms with Crippen LogP contribution in [0.25, 0.3) is 0 Å². The molecule has 3 unspecified atom stereocenters. The van der Waals surface area contributed by atoms with Crippen LogP contribution in [0.3, 0.4) is 0 Å². The molecule has 0 aliphatic heterocycles. The summed E-state index contributed by atoms with van der Waals surface area (Å²) < 4.78 is 5.17. The number of hydrogen-bond donors (Lipinski definition) is 5. The number of aliphatic imine (C=N–C) groups is 1. The van der Waals surface area contributed by atoms with Gasteiger partial charge in [-0.25, -0.2) is 4.99 Å². The van der Waals surface area contributed by atoms with Crippen molar-refractivity contribution >= 4 is 17.4 Å². The van der Waals surface area contributed by atoms with E-state index in [-0.39, 0.29) is 29.6 Å². The summed E-state index contributed by atoms with van der Waals surface area (Å²) in [6.45, 7) is 1.95. The average Bonchev–Trinajstić information content (AvgIpc) is 2.62. The summed E-state index contributed by atoms with van der Waals surface area (Å²) in [5.41, 5.74) is 24.4. The van der Waals surface area contributed by atoms with Crippen LogP contribution in [0, 0.1) is 6.92 Å². The van der Waals surface area contributed by atoms with Crippen molar-refractivity contribution in [3.05, 3.63) is 41.6 Å². The van der Waals surface area contributed by atoms with Crippen molar-refractivity contribution in [1.82, 2.24) is 5.32 Å². The van der Waals surface area contributed by atoms with Gasteiger partial charge in [-0.15, -0.1) is 0 Å². The fourth-order valence-corrected chi connectivity index (χ4v) is 2.80. The first-order valence-electron chi connectivity index (χ1n) is 8.92. The summed E-state index contributed by atoms with van der Waals surface area (Å²) in [7, 11) is 3.35. The van der Waals surface area contributed by atoms with Crippen molar-refractivity contribution < 1.29 is 9.53 Å². The Balaban J connectivity index is 0.000000309. The lowest BCUT2D eigenvalue weighted by molar-refractivity contribution is -0.114. The van der Waals surface area contributed by atoms with E-state index in [0.717, 1.165) is 24.8 Å². The number of aryl methyl sites for hydroxylation is 1. The van der Waals surface area contributed by atoms with Gasteiger partial charge in [-0.3, -0.25) is 4.79 Å². The minimum Gasteiger partial charge on any atom is -0.393 e. The first kappa shape index (κ1) is 22.6. The zero-order valence-corrected chi connectivity index (χ0v) is 16.3. The normalized spacial score (nSPS) is 23.2. The Morgan fingerprint density at radius 3 is 2.52 bits per heavy atom. The average molecular weight is 377 g/mol. The molecule has 9 N–H and O–H groups in total. The topological polar surface area (TPSA) is 155 Å². The van der Waals surface area contributed by atoms with Crippen molar-refractivity contribution in [3.8, 4) is 0 Å². The number of nitrogens with two attached hydrogens (primary N) is 4. The molecule has 150 valence electrons. The molecule has 8 heteroatoms. The number of hydrogen-bond acceptors (Lipinski definition) is 6. The van der Waals surface area contributed by atoms with Gasteiger partial charge in [0.1, 0.15) is 5.84 Å². The van der Waals surface area contributed by atoms with Gasteiger partial charge >= 0.3 is 0 Å². The number of amides is 1. The first-order valence-corrected chi connectivity index (χ1v) is 8.92. The molecule has 0 bridgehead atoms. The summed E-state index contributed by atoms with van der Waals surface area (Å²) in [4.78, 5) is 15.3. The zero-order chi connectivity index (χ0) is 20.4. The molecule has 0 radical (unpaired) electrons. The standard InChI is InChI=1S/C12H16N4O.C7H16N2O/c1-8-4-3-5-9(6-8)16-11(13)10(7-15-2)12(14)17;1-10-6-4-2-3-5(8)7(6)9/h3-7,15H,1-2H3,(H2,13,16)(H2,14,17);5-7H,2-4,8-9H2,1H3/b10-7+;. The van der Waals surface area contributed by atoms with Crippen molar-refractivity contribution in [2.75, 3.05) is 14.2 Å². The Morgan fingerprint density at radius 2 is 2.00 bits per heavy atom. The maximum absolute atomic E-state index is 11.1. The second-order valence-corrected chi connectivity index (χ2v) is 6.49. The molecule has 1 saturated carbocycles. The number of benzene rings is 1. The molecule has 0 heterocycles. The first-order chi connectivity index (χ1) is 12.8. The lowest BCUT2D eigenvalue weighted by Crippen LogP contribution is -2.52. The van der Waals surface area contributed by atoms with Gasteiger partial charge in [0, 0.05) is 32.4 Å². The number of methoxy groups -OCH3 is 1. The molecule has 27 heavy (non-hydrogen) atoms. The highest BCUT2D eigenvalue weighted by molar-refractivity contribution is 6.20. The summed E-state index contributed by atoms with van der Waals surface area (Å²) >= 11 is 0. The van der Waals surface area contributed by atoms with Crippen LogP contribution >= 0.6 is 0 Å². The van der Waals surface area contributed by atoms with E-state index in [9.17, 15) is 4.79 Å². The molecule has 1 aliphatic rings. The van der Waals surface area contributed by atoms with Crippen molar-refractivity contribution in [1.29, 1.82) is 0 Å². The van der Waals surface area contributed by atoms with E-state index in [1.54, 1.807) is 20.2 Å². The van der Waals surface area contributed by atoms with E-state index in [0.29, 0.717) is 5.69 Å². The third-order valence-electron chi connectivity index (χ3n) is 4.33. The van der Waals surface area contributed by atoms with Gasteiger partial charge in [-0.2, -0.15) is 0 Å². The number of carbonyl (C=O) groups excluding carboxylic acids is 1. The molecule has 8 nitrogen and oxygen atoms in total. The van der Waals surface area contributed by atoms with Gasteiger partial charge in [0.15, 0.2) is 0 Å². The number of amidine groups is 1. The highest BCUT2D eigenvalue weighted by Gasteiger charge is 2.27. The highest BCUT2D eigenvalue weighted by Crippen LogP contribution is 2.18. The van der Waals surface area contributed by atoms with E-state index in [2.05, 4.69) is 10.3 Å². The molecule has 1 aromatic rings. The minimum absolute atomic E-state index is 0.0405. The maximum Gasteiger partial charge on any atom is 0.253 e. The number of carbonyl (C=O) groups is 1. The molecule has 0 spiro atoms. The second kappa shape index (κ2) is 11.3. The monoisotopic (exact) mass is 376 g/mol. The minimum atomic E-state index is -0.617. The maximum atomic E-state index is 11.1. The number of nitrogens with one attached hydrogen (secondary N) is 1. The van der Waals surface area contributed by atoms with Gasteiger partial charge in [-0.1, -0.05) is 12.1 Å². The number of ether oxygens (including phenoxy) is 1. The summed E-state index contributed by atoms with van der Waals surface area (Å²) in [5, 5.41) is 2.70. The van der Waals surface area contributed by atoms with Crippen LogP contribution in [0.2, 0.25) is 0 Å². The molecule has 3 atom stereocenters. The zero-order valence-electron chi connectivity index (χ0n) is 16.3. The fourth-order valence-electron chi connectivity index (χ4n) is 2.80. The Kier molecular flexibility index (Phi) is 9.49. The number of rotatable bonds is 5. The lowest BCUT2D eigenvalue weighted by Gasteiger charge is -2.32. The van der Waals surface area contributed by atoms with Gasteiger partial charge < -0.3 is 33.0 Å². The Labute approximate surface area is 161 Å². The van der Waals surface area contributed by atoms with E-state index in [1.165, 1.54) is 6.20 Å². The molecule has 0 saturated heterocycles. The predicted octanol–water partition coefficient (Wildman–Crippen LogP) is 0.412. The summed E-state index contributed by atoms with van der Waals surface area (Å²) in [6.07, 6.45) is 4.86. The van der Waals surface area contributed by atoms with E-state index in [4.69, 9.17) is 27.7 Å². The molecular formula is C19H32N6O2. The van der Waals surface area contributed by atoms with Crippen molar-refractivity contribution in [2.24, 2.45) is 27.9 Å². The third-order valence-corrected chi connectivity index (χ3v) is 4.33. The van der Waals surface area contributed by atoms with Gasteiger partial charge in [-0.05, 0) is 43.9 Å². The van der Waals surface area contributed by atoms with Gasteiger partial charge in [0.2, 0.25) is 0 Å². The summed E-state index contributed by atoms with van der Waals surface area (Å²) in [5.74, 6) is -0.522. The lowest BCUT2D eigenvalue weighted by atomic mass is 9.89. The van der Waals surface area contributed by atoms with E-state index in [1.807, 2.05) is 25.1 Å². The largest absolute Gasteiger partial charge is 0.393 e. The van der Waals surface area contributed by atoms with Crippen molar-refractivity contribution in [2.45, 2.75) is 44.4 Å². The second-order valence-electron chi connectivity index (χ2n) is 6.49. The van der Waals surface area contributed by atoms with Crippen LogP contribution in [0.1, 0.15) is 24.8 Å². The third kappa shape index (κ3) is 7.38. The molecule has 2 rings (SSSR count). The van der Waals surface area contributed by atoms with Crippen LogP contribution in [0.4, 0.5) is 5.69 Å². The Morgan fingerprint density at radius 1 is 1.30 bits per heavy atom. The van der Waals surface area contributed by atoms with Crippen LogP contribution in [-0.4, -0.2) is 44.1 Å². The fraction of sp³-hybridized carbons (Fsp3) is 0.474. The van der Waals surface area contributed by atoms with Gasteiger partial charge in [0.25, 0.3) is 5.91 Å². The van der Waals surface area contributed by atoms with Crippen LogP contribution in [0.15, 0.2) is 41.0 Å². The van der Waals surface area contributed by atoms with Crippen LogP contribution in [-0.2, 0) is 9.53 Å². The molecule has 0 aromatic heterocycles. The molecule has 1 aliphatic carbocycles. The van der Waals surface area contributed by atoms with E-state index >= 15 is 0 Å². The molecule has 1 amide bonds.